The Labute approximate surface area is 112 Å². The molecule has 78 valence electrons. The van der Waals surface area contributed by atoms with Crippen molar-refractivity contribution in [2.45, 2.75) is 6.37 Å². The third kappa shape index (κ3) is 2.52. The number of sulfone groups is 1. The topological polar surface area (TPSA) is 34.1 Å². The molecule has 1 aromatic carbocycles. The quantitative estimate of drug-likeness (QED) is 0.637. The average Bonchev–Trinajstić information content (AvgIpc) is 2.02. The molecule has 0 N–H and O–H groups in total. The lowest BCUT2D eigenvalue weighted by molar-refractivity contribution is 0.599. The van der Waals surface area contributed by atoms with Gasteiger partial charge in [0, 0.05) is 0 Å². The summed E-state index contributed by atoms with van der Waals surface area (Å²) in [5, 5.41) is 0.190. The van der Waals surface area contributed by atoms with Crippen LogP contribution in [-0.2, 0) is 9.84 Å². The average molecular weight is 427 g/mol. The molecule has 0 unspecified atom stereocenters. The van der Waals surface area contributed by atoms with E-state index in [0.717, 1.165) is 0 Å². The minimum Gasteiger partial charge on any atom is -0.220 e. The summed E-state index contributed by atoms with van der Waals surface area (Å²) in [5.41, 5.74) is 0. The van der Waals surface area contributed by atoms with Gasteiger partial charge in [0.1, 0.15) is 0 Å². The lowest BCUT2D eigenvalue weighted by Crippen LogP contribution is -2.18. The van der Waals surface area contributed by atoms with E-state index in [1.807, 2.05) is 0 Å². The maximum Gasteiger partial charge on any atom is 0.239 e. The molecule has 0 fully saturated rings. The highest BCUT2D eigenvalue weighted by Gasteiger charge is 2.38. The van der Waals surface area contributed by atoms with Crippen molar-refractivity contribution < 1.29 is 8.42 Å². The van der Waals surface area contributed by atoms with Gasteiger partial charge in [-0.25, -0.2) is 8.42 Å². The molecular weight excluding hydrogens is 423 g/mol. The van der Waals surface area contributed by atoms with Gasteiger partial charge in [-0.15, -0.1) is 0 Å². The highest BCUT2D eigenvalue weighted by Crippen LogP contribution is 2.44. The SMILES string of the molecule is O=S(=O)(c1ccccc1Cl)C(Br)(Br)Br. The van der Waals surface area contributed by atoms with Crippen molar-refractivity contribution in [1.29, 1.82) is 0 Å². The molecule has 2 nitrogen and oxygen atoms in total. The minimum atomic E-state index is -3.59. The van der Waals surface area contributed by atoms with Crippen LogP contribution < -0.4 is 0 Å². The van der Waals surface area contributed by atoms with Crippen LogP contribution in [-0.4, -0.2) is 9.89 Å². The molecule has 0 aliphatic heterocycles. The van der Waals surface area contributed by atoms with E-state index in [1.165, 1.54) is 12.1 Å². The van der Waals surface area contributed by atoms with Gasteiger partial charge in [0.05, 0.1) is 9.92 Å². The van der Waals surface area contributed by atoms with Crippen LogP contribution in [0.2, 0.25) is 5.02 Å². The summed E-state index contributed by atoms with van der Waals surface area (Å²) >= 11 is 14.6. The number of benzene rings is 1. The number of halogens is 4. The Kier molecular flexibility index (Phi) is 4.09. The summed E-state index contributed by atoms with van der Waals surface area (Å²) in [4.78, 5) is 0.0623. The van der Waals surface area contributed by atoms with Crippen LogP contribution in [0.15, 0.2) is 29.2 Å². The molecule has 0 bridgehead atoms. The van der Waals surface area contributed by atoms with E-state index >= 15 is 0 Å². The van der Waals surface area contributed by atoms with Gasteiger partial charge in [-0.3, -0.25) is 0 Å². The molecule has 7 heteroatoms. The fraction of sp³-hybridized carbons (Fsp3) is 0.143. The maximum atomic E-state index is 11.8. The molecule has 0 atom stereocenters. The zero-order chi connectivity index (χ0) is 11.0. The predicted molar refractivity (Wildman–Crippen MR) is 68.1 cm³/mol. The molecule has 0 heterocycles. The molecule has 1 rings (SSSR count). The molecule has 1 aromatic rings. The lowest BCUT2D eigenvalue weighted by atomic mass is 10.4. The monoisotopic (exact) mass is 424 g/mol. The van der Waals surface area contributed by atoms with Crippen molar-refractivity contribution in [2.24, 2.45) is 0 Å². The molecular formula is C7H4Br3ClO2S. The van der Waals surface area contributed by atoms with Crippen molar-refractivity contribution in [1.82, 2.24) is 0 Å². The zero-order valence-electron chi connectivity index (χ0n) is 6.55. The Morgan fingerprint density at radius 3 is 2.07 bits per heavy atom. The zero-order valence-corrected chi connectivity index (χ0v) is 12.9. The first-order chi connectivity index (χ1) is 6.27. The first-order valence-electron chi connectivity index (χ1n) is 3.32. The van der Waals surface area contributed by atoms with E-state index in [-0.39, 0.29) is 9.92 Å². The third-order valence-electron chi connectivity index (χ3n) is 1.43. The predicted octanol–water partition coefficient (Wildman–Crippen LogP) is 3.91. The smallest absolute Gasteiger partial charge is 0.220 e. The van der Waals surface area contributed by atoms with Crippen molar-refractivity contribution in [3.05, 3.63) is 29.3 Å². The molecule has 0 saturated carbocycles. The summed E-state index contributed by atoms with van der Waals surface area (Å²) in [7, 11) is -3.59. The molecule has 0 radical (unpaired) electrons. The molecule has 0 amide bonds. The van der Waals surface area contributed by atoms with Gasteiger partial charge in [0.25, 0.3) is 0 Å². The van der Waals surface area contributed by atoms with Crippen molar-refractivity contribution in [3.63, 3.8) is 0 Å². The van der Waals surface area contributed by atoms with Gasteiger partial charge in [-0.2, -0.15) is 0 Å². The molecule has 0 saturated heterocycles. The van der Waals surface area contributed by atoms with Crippen LogP contribution in [0.4, 0.5) is 0 Å². The maximum absolute atomic E-state index is 11.8. The standard InChI is InChI=1S/C7H4Br3ClO2S/c8-7(9,10)14(12,13)6-4-2-1-3-5(6)11/h1-4H. The van der Waals surface area contributed by atoms with Gasteiger partial charge in [0.15, 0.2) is 0 Å². The van der Waals surface area contributed by atoms with E-state index in [2.05, 4.69) is 47.8 Å². The fourth-order valence-electron chi connectivity index (χ4n) is 0.787. The fourth-order valence-corrected chi connectivity index (χ4v) is 3.63. The second-order valence-corrected chi connectivity index (χ2v) is 13.2. The first-order valence-corrected chi connectivity index (χ1v) is 7.56. The first kappa shape index (κ1) is 13.0. The Balaban J connectivity index is 3.40. The van der Waals surface area contributed by atoms with Gasteiger partial charge >= 0.3 is 0 Å². The molecule has 0 aromatic heterocycles. The van der Waals surface area contributed by atoms with E-state index in [4.69, 9.17) is 11.6 Å². The highest BCUT2D eigenvalue weighted by atomic mass is 80.0. The van der Waals surface area contributed by atoms with Gasteiger partial charge < -0.3 is 0 Å². The number of hydrogen-bond acceptors (Lipinski definition) is 2. The normalized spacial score (nSPS) is 12.9. The molecule has 0 aliphatic rings. The van der Waals surface area contributed by atoms with Crippen LogP contribution in [0, 0.1) is 0 Å². The second-order valence-electron chi connectivity index (χ2n) is 2.38. The Morgan fingerprint density at radius 1 is 1.14 bits per heavy atom. The number of hydrogen-bond donors (Lipinski definition) is 0. The summed E-state index contributed by atoms with van der Waals surface area (Å²) in [5.74, 6) is 0. The summed E-state index contributed by atoms with van der Waals surface area (Å²) in [6.07, 6.45) is 0. The Morgan fingerprint density at radius 2 is 1.64 bits per heavy atom. The number of rotatable bonds is 1. The van der Waals surface area contributed by atoms with Crippen molar-refractivity contribution >= 4 is 69.2 Å². The van der Waals surface area contributed by atoms with Crippen molar-refractivity contribution in [2.75, 3.05) is 0 Å². The van der Waals surface area contributed by atoms with E-state index in [1.54, 1.807) is 12.1 Å². The largest absolute Gasteiger partial charge is 0.239 e. The minimum absolute atomic E-state index is 0.0623. The Hall–Kier alpha value is 0.900. The molecule has 0 spiro atoms. The van der Waals surface area contributed by atoms with Gasteiger partial charge in [-0.1, -0.05) is 23.7 Å². The van der Waals surface area contributed by atoms with E-state index in [0.29, 0.717) is 0 Å². The van der Waals surface area contributed by atoms with Crippen LogP contribution in [0.3, 0.4) is 0 Å². The van der Waals surface area contributed by atoms with Crippen molar-refractivity contribution in [3.8, 4) is 0 Å². The summed E-state index contributed by atoms with van der Waals surface area (Å²) < 4.78 is 22.3. The summed E-state index contributed by atoms with van der Waals surface area (Å²) in [6, 6.07) is 6.24. The van der Waals surface area contributed by atoms with Crippen LogP contribution in [0.5, 0.6) is 0 Å². The van der Waals surface area contributed by atoms with Crippen LogP contribution in [0.25, 0.3) is 0 Å². The highest BCUT2D eigenvalue weighted by molar-refractivity contribution is 9.42. The Bertz CT molecular complexity index is 438. The number of alkyl halides is 3. The van der Waals surface area contributed by atoms with E-state index < -0.39 is 11.3 Å². The molecule has 0 aliphatic carbocycles. The molecule has 14 heavy (non-hydrogen) atoms. The van der Waals surface area contributed by atoms with E-state index in [9.17, 15) is 8.42 Å². The van der Waals surface area contributed by atoms with Crippen LogP contribution >= 0.6 is 59.4 Å². The third-order valence-corrected chi connectivity index (χ3v) is 7.25. The second kappa shape index (κ2) is 4.41. The summed E-state index contributed by atoms with van der Waals surface area (Å²) in [6.45, 7) is 0. The van der Waals surface area contributed by atoms with Gasteiger partial charge in [-0.05, 0) is 59.9 Å². The van der Waals surface area contributed by atoms with Crippen LogP contribution in [0.1, 0.15) is 0 Å². The lowest BCUT2D eigenvalue weighted by Gasteiger charge is -2.14. The van der Waals surface area contributed by atoms with Gasteiger partial charge in [0.2, 0.25) is 11.3 Å².